The first kappa shape index (κ1) is 11.9. The topological polar surface area (TPSA) is 43.4 Å². The van der Waals surface area contributed by atoms with Crippen molar-refractivity contribution in [2.75, 3.05) is 6.61 Å². The Morgan fingerprint density at radius 2 is 2.13 bits per heavy atom. The summed E-state index contributed by atoms with van der Waals surface area (Å²) in [5, 5.41) is 1.74. The van der Waals surface area contributed by atoms with E-state index in [0.29, 0.717) is 23.5 Å². The average molecular weight is 226 g/mol. The molecule has 0 N–H and O–H groups in total. The van der Waals surface area contributed by atoms with Gasteiger partial charge in [-0.25, -0.2) is 4.79 Å². The standard InChI is InChI=1S/C11H14O3S/c1-3-6-14-11(13)10-8(5-7-15-10)9(12)4-2/h5,7H,3-4,6H2,1-2H3. The number of esters is 1. The van der Waals surface area contributed by atoms with Crippen LogP contribution in [0.5, 0.6) is 0 Å². The van der Waals surface area contributed by atoms with Crippen LogP contribution in [-0.2, 0) is 4.74 Å². The van der Waals surface area contributed by atoms with Crippen LogP contribution in [0.4, 0.5) is 0 Å². The molecule has 0 radical (unpaired) electrons. The van der Waals surface area contributed by atoms with Crippen molar-refractivity contribution in [3.05, 3.63) is 21.9 Å². The van der Waals surface area contributed by atoms with Crippen LogP contribution in [0.1, 0.15) is 46.7 Å². The summed E-state index contributed by atoms with van der Waals surface area (Å²) in [5.41, 5.74) is 0.489. The maximum Gasteiger partial charge on any atom is 0.349 e. The first-order valence-corrected chi connectivity index (χ1v) is 5.86. The fourth-order valence-corrected chi connectivity index (χ4v) is 1.94. The minimum absolute atomic E-state index is 0.0142. The lowest BCUT2D eigenvalue weighted by Crippen LogP contribution is -2.08. The quantitative estimate of drug-likeness (QED) is 0.572. The lowest BCUT2D eigenvalue weighted by molar-refractivity contribution is 0.0508. The second-order valence-electron chi connectivity index (χ2n) is 3.08. The van der Waals surface area contributed by atoms with Gasteiger partial charge in [0.2, 0.25) is 0 Å². The van der Waals surface area contributed by atoms with Crippen LogP contribution in [0.3, 0.4) is 0 Å². The van der Waals surface area contributed by atoms with E-state index in [0.717, 1.165) is 6.42 Å². The molecule has 3 nitrogen and oxygen atoms in total. The van der Waals surface area contributed by atoms with Gasteiger partial charge >= 0.3 is 5.97 Å². The van der Waals surface area contributed by atoms with Crippen LogP contribution >= 0.6 is 11.3 Å². The van der Waals surface area contributed by atoms with Crippen LogP contribution in [0.2, 0.25) is 0 Å². The number of rotatable bonds is 5. The summed E-state index contributed by atoms with van der Waals surface area (Å²) in [7, 11) is 0. The van der Waals surface area contributed by atoms with E-state index in [9.17, 15) is 9.59 Å². The van der Waals surface area contributed by atoms with Gasteiger partial charge in [-0.2, -0.15) is 0 Å². The Hall–Kier alpha value is -1.16. The highest BCUT2D eigenvalue weighted by atomic mass is 32.1. The SMILES string of the molecule is CCCOC(=O)c1sccc1C(=O)CC. The van der Waals surface area contributed by atoms with E-state index < -0.39 is 0 Å². The molecule has 82 valence electrons. The number of carbonyl (C=O) groups is 2. The summed E-state index contributed by atoms with van der Waals surface area (Å²) in [4.78, 5) is 23.4. The van der Waals surface area contributed by atoms with Crippen molar-refractivity contribution in [1.29, 1.82) is 0 Å². The van der Waals surface area contributed by atoms with E-state index in [2.05, 4.69) is 0 Å². The third-order valence-corrected chi connectivity index (χ3v) is 2.80. The molecule has 1 rings (SSSR count). The maximum atomic E-state index is 11.5. The molecule has 0 spiro atoms. The normalized spacial score (nSPS) is 10.0. The van der Waals surface area contributed by atoms with Crippen molar-refractivity contribution in [2.24, 2.45) is 0 Å². The largest absolute Gasteiger partial charge is 0.462 e. The van der Waals surface area contributed by atoms with Gasteiger partial charge in [0, 0.05) is 12.0 Å². The molecule has 0 aliphatic rings. The van der Waals surface area contributed by atoms with Crippen LogP contribution < -0.4 is 0 Å². The predicted molar refractivity (Wildman–Crippen MR) is 59.5 cm³/mol. The number of hydrogen-bond donors (Lipinski definition) is 0. The predicted octanol–water partition coefficient (Wildman–Crippen LogP) is 2.91. The molecule has 0 aliphatic carbocycles. The molecule has 4 heteroatoms. The van der Waals surface area contributed by atoms with Crippen LogP contribution in [0, 0.1) is 0 Å². The molecule has 0 amide bonds. The average Bonchev–Trinajstić information content (AvgIpc) is 2.73. The molecule has 0 fully saturated rings. The highest BCUT2D eigenvalue weighted by molar-refractivity contribution is 7.12. The smallest absolute Gasteiger partial charge is 0.349 e. The lowest BCUT2D eigenvalue weighted by Gasteiger charge is -2.02. The van der Waals surface area contributed by atoms with E-state index in [4.69, 9.17) is 4.74 Å². The number of thiophene rings is 1. The molecule has 0 aliphatic heterocycles. The van der Waals surface area contributed by atoms with Crippen molar-refractivity contribution in [2.45, 2.75) is 26.7 Å². The van der Waals surface area contributed by atoms with E-state index in [1.54, 1.807) is 18.4 Å². The number of Topliss-reactive ketones (excluding diaryl/α,β-unsaturated/α-hetero) is 1. The molecule has 0 unspecified atom stereocenters. The Labute approximate surface area is 93.1 Å². The second kappa shape index (κ2) is 5.66. The van der Waals surface area contributed by atoms with Crippen molar-refractivity contribution in [1.82, 2.24) is 0 Å². The van der Waals surface area contributed by atoms with Crippen molar-refractivity contribution in [3.8, 4) is 0 Å². The number of ether oxygens (including phenoxy) is 1. The van der Waals surface area contributed by atoms with Gasteiger partial charge in [0.15, 0.2) is 5.78 Å². The lowest BCUT2D eigenvalue weighted by atomic mass is 10.1. The molecule has 15 heavy (non-hydrogen) atoms. The summed E-state index contributed by atoms with van der Waals surface area (Å²) in [6.07, 6.45) is 1.19. The fourth-order valence-electron chi connectivity index (χ4n) is 1.14. The summed E-state index contributed by atoms with van der Waals surface area (Å²) in [5.74, 6) is -0.400. The molecule has 0 atom stereocenters. The molecular weight excluding hydrogens is 212 g/mol. The second-order valence-corrected chi connectivity index (χ2v) is 3.99. The summed E-state index contributed by atoms with van der Waals surface area (Å²) < 4.78 is 4.99. The van der Waals surface area contributed by atoms with Gasteiger partial charge in [-0.05, 0) is 17.9 Å². The summed E-state index contributed by atoms with van der Waals surface area (Å²) in [6, 6.07) is 1.68. The first-order valence-electron chi connectivity index (χ1n) is 4.98. The Kier molecular flexibility index (Phi) is 4.49. The van der Waals surface area contributed by atoms with Crippen LogP contribution in [0.15, 0.2) is 11.4 Å². The minimum atomic E-state index is -0.386. The zero-order chi connectivity index (χ0) is 11.3. The molecular formula is C11H14O3S. The Bertz CT molecular complexity index is 354. The van der Waals surface area contributed by atoms with Gasteiger partial charge in [-0.15, -0.1) is 11.3 Å². The number of carbonyl (C=O) groups excluding carboxylic acids is 2. The van der Waals surface area contributed by atoms with E-state index in [1.165, 1.54) is 11.3 Å². The maximum absolute atomic E-state index is 11.5. The van der Waals surface area contributed by atoms with E-state index >= 15 is 0 Å². The Morgan fingerprint density at radius 3 is 2.73 bits per heavy atom. The van der Waals surface area contributed by atoms with Gasteiger partial charge in [0.05, 0.1) is 6.61 Å². The highest BCUT2D eigenvalue weighted by Gasteiger charge is 2.18. The first-order chi connectivity index (χ1) is 7.20. The third-order valence-electron chi connectivity index (χ3n) is 1.91. The van der Waals surface area contributed by atoms with Gasteiger partial charge in [0.1, 0.15) is 4.88 Å². The van der Waals surface area contributed by atoms with Gasteiger partial charge in [-0.3, -0.25) is 4.79 Å². The number of hydrogen-bond acceptors (Lipinski definition) is 4. The van der Waals surface area contributed by atoms with E-state index in [-0.39, 0.29) is 11.8 Å². The molecule has 0 saturated carbocycles. The fraction of sp³-hybridized carbons (Fsp3) is 0.455. The van der Waals surface area contributed by atoms with Crippen LogP contribution in [-0.4, -0.2) is 18.4 Å². The summed E-state index contributed by atoms with van der Waals surface area (Å²) in [6.45, 7) is 4.11. The van der Waals surface area contributed by atoms with Gasteiger partial charge in [-0.1, -0.05) is 13.8 Å². The Morgan fingerprint density at radius 1 is 1.40 bits per heavy atom. The molecule has 1 aromatic rings. The number of ketones is 1. The summed E-state index contributed by atoms with van der Waals surface area (Å²) >= 11 is 1.26. The van der Waals surface area contributed by atoms with Gasteiger partial charge in [0.25, 0.3) is 0 Å². The molecule has 1 aromatic heterocycles. The van der Waals surface area contributed by atoms with Crippen molar-refractivity contribution < 1.29 is 14.3 Å². The third kappa shape index (κ3) is 2.89. The van der Waals surface area contributed by atoms with E-state index in [1.807, 2.05) is 6.92 Å². The van der Waals surface area contributed by atoms with Crippen molar-refractivity contribution in [3.63, 3.8) is 0 Å². The zero-order valence-corrected chi connectivity index (χ0v) is 9.73. The Balaban J connectivity index is 2.80. The highest BCUT2D eigenvalue weighted by Crippen LogP contribution is 2.19. The van der Waals surface area contributed by atoms with Crippen LogP contribution in [0.25, 0.3) is 0 Å². The van der Waals surface area contributed by atoms with Gasteiger partial charge < -0.3 is 4.74 Å². The molecule has 1 heterocycles. The minimum Gasteiger partial charge on any atom is -0.462 e. The monoisotopic (exact) mass is 226 g/mol. The zero-order valence-electron chi connectivity index (χ0n) is 8.91. The molecule has 0 saturated heterocycles. The van der Waals surface area contributed by atoms with Crippen molar-refractivity contribution >= 4 is 23.1 Å². The molecule has 0 bridgehead atoms. The molecule has 0 aromatic carbocycles.